The predicted molar refractivity (Wildman–Crippen MR) is 89.8 cm³/mol. The van der Waals surface area contributed by atoms with E-state index in [0.29, 0.717) is 13.0 Å². The molecule has 8 heteroatoms. The lowest BCUT2D eigenvalue weighted by Crippen LogP contribution is -2.43. The molecule has 0 saturated carbocycles. The first-order chi connectivity index (χ1) is 11.5. The summed E-state index contributed by atoms with van der Waals surface area (Å²) in [6.45, 7) is 7.85. The fourth-order valence-corrected chi connectivity index (χ4v) is 2.84. The lowest BCUT2D eigenvalue weighted by molar-refractivity contribution is 0.0276. The number of hydrogen-bond donors (Lipinski definition) is 1. The van der Waals surface area contributed by atoms with Gasteiger partial charge in [-0.05, 0) is 34.1 Å². The van der Waals surface area contributed by atoms with Crippen LogP contribution in [0.2, 0.25) is 0 Å². The Balaban J connectivity index is 2.31. The summed E-state index contributed by atoms with van der Waals surface area (Å²) in [7, 11) is 1.19. The summed E-state index contributed by atoms with van der Waals surface area (Å²) in [4.78, 5) is 37.9. The van der Waals surface area contributed by atoms with E-state index in [2.05, 4.69) is 4.74 Å². The molecule has 0 bridgehead atoms. The van der Waals surface area contributed by atoms with E-state index in [1.807, 2.05) is 6.92 Å². The van der Waals surface area contributed by atoms with Crippen molar-refractivity contribution in [3.8, 4) is 5.75 Å². The van der Waals surface area contributed by atoms with Crippen LogP contribution in [0.25, 0.3) is 0 Å². The third kappa shape index (κ3) is 3.94. The number of carbonyl (C=O) groups excluding carboxylic acids is 2. The molecule has 0 aromatic carbocycles. The summed E-state index contributed by atoms with van der Waals surface area (Å²) in [6, 6.07) is 0.980. The predicted octanol–water partition coefficient (Wildman–Crippen LogP) is 1.70. The van der Waals surface area contributed by atoms with E-state index in [1.165, 1.54) is 22.8 Å². The Hall–Kier alpha value is -2.51. The van der Waals surface area contributed by atoms with E-state index >= 15 is 0 Å². The number of methoxy groups -OCH3 is 1. The minimum absolute atomic E-state index is 0.0981. The zero-order valence-electron chi connectivity index (χ0n) is 15.2. The zero-order valence-corrected chi connectivity index (χ0v) is 15.2. The number of rotatable bonds is 2. The molecule has 25 heavy (non-hydrogen) atoms. The van der Waals surface area contributed by atoms with E-state index in [9.17, 15) is 19.5 Å². The first-order valence-corrected chi connectivity index (χ1v) is 7.99. The van der Waals surface area contributed by atoms with Crippen molar-refractivity contribution in [3.63, 3.8) is 0 Å². The molecule has 1 aromatic rings. The second kappa shape index (κ2) is 6.42. The van der Waals surface area contributed by atoms with Crippen molar-refractivity contribution in [2.45, 2.75) is 45.3 Å². The molecule has 1 amide bonds. The Morgan fingerprint density at radius 3 is 2.52 bits per heavy atom. The van der Waals surface area contributed by atoms with Gasteiger partial charge in [0, 0.05) is 25.4 Å². The van der Waals surface area contributed by atoms with Gasteiger partial charge in [0.25, 0.3) is 5.56 Å². The minimum Gasteiger partial charge on any atom is -0.507 e. The summed E-state index contributed by atoms with van der Waals surface area (Å²) in [5.74, 6) is -1.17. The van der Waals surface area contributed by atoms with Crippen LogP contribution in [0.3, 0.4) is 0 Å². The van der Waals surface area contributed by atoms with Gasteiger partial charge < -0.3 is 24.0 Å². The molecule has 2 rings (SSSR count). The summed E-state index contributed by atoms with van der Waals surface area (Å²) in [5, 5.41) is 9.81. The van der Waals surface area contributed by atoms with Gasteiger partial charge in [0.1, 0.15) is 16.9 Å². The van der Waals surface area contributed by atoms with Crippen molar-refractivity contribution in [3.05, 3.63) is 28.2 Å². The average Bonchev–Trinajstić information content (AvgIpc) is 2.88. The molecule has 1 N–H and O–H groups in total. The second-order valence-corrected chi connectivity index (χ2v) is 7.42. The van der Waals surface area contributed by atoms with E-state index in [-0.39, 0.29) is 12.1 Å². The molecule has 1 aliphatic heterocycles. The summed E-state index contributed by atoms with van der Waals surface area (Å²) >= 11 is 0. The number of hydrogen-bond acceptors (Lipinski definition) is 6. The van der Waals surface area contributed by atoms with Crippen molar-refractivity contribution in [2.75, 3.05) is 20.2 Å². The van der Waals surface area contributed by atoms with Crippen LogP contribution in [-0.2, 0) is 15.0 Å². The largest absolute Gasteiger partial charge is 0.507 e. The molecule has 8 nitrogen and oxygen atoms in total. The Morgan fingerprint density at radius 1 is 1.32 bits per heavy atom. The molecule has 138 valence electrons. The van der Waals surface area contributed by atoms with Crippen LogP contribution in [0.5, 0.6) is 5.75 Å². The molecule has 0 spiro atoms. The van der Waals surface area contributed by atoms with Gasteiger partial charge in [0.05, 0.1) is 12.6 Å². The van der Waals surface area contributed by atoms with E-state index in [0.717, 1.165) is 6.07 Å². The Bertz CT molecular complexity index is 748. The molecule has 1 saturated heterocycles. The van der Waals surface area contributed by atoms with Crippen molar-refractivity contribution < 1.29 is 24.2 Å². The van der Waals surface area contributed by atoms with Crippen molar-refractivity contribution >= 4 is 12.1 Å². The molecule has 0 aliphatic carbocycles. The van der Waals surface area contributed by atoms with E-state index in [4.69, 9.17) is 4.74 Å². The number of esters is 1. The van der Waals surface area contributed by atoms with Gasteiger partial charge in [0.15, 0.2) is 0 Å². The van der Waals surface area contributed by atoms with Crippen LogP contribution in [0, 0.1) is 0 Å². The Morgan fingerprint density at radius 2 is 1.96 bits per heavy atom. The normalized spacial score (nSPS) is 20.4. The highest BCUT2D eigenvalue weighted by Gasteiger charge is 2.40. The zero-order chi connectivity index (χ0) is 19.0. The number of aromatic nitrogens is 1. The van der Waals surface area contributed by atoms with Crippen LogP contribution >= 0.6 is 0 Å². The highest BCUT2D eigenvalue weighted by molar-refractivity contribution is 5.91. The molecular weight excluding hydrogens is 328 g/mol. The summed E-state index contributed by atoms with van der Waals surface area (Å²) in [6.07, 6.45) is 1.34. The Labute approximate surface area is 146 Å². The van der Waals surface area contributed by atoms with Crippen molar-refractivity contribution in [1.29, 1.82) is 0 Å². The molecule has 1 aliphatic rings. The van der Waals surface area contributed by atoms with Gasteiger partial charge in [-0.2, -0.15) is 0 Å². The molecule has 1 fully saturated rings. The summed E-state index contributed by atoms with van der Waals surface area (Å²) in [5.41, 5.74) is -1.88. The summed E-state index contributed by atoms with van der Waals surface area (Å²) < 4.78 is 11.4. The van der Waals surface area contributed by atoms with Gasteiger partial charge in [0.2, 0.25) is 0 Å². The maximum absolute atomic E-state index is 12.3. The van der Waals surface area contributed by atoms with Crippen LogP contribution in [-0.4, -0.2) is 52.4 Å². The average molecular weight is 352 g/mol. The standard InChI is InChI=1S/C17H24N2O6/c1-16(2,3)25-15(23)18-7-6-17(4,10-18)19-9-11(14(22)24-5)12(20)8-13(19)21/h8-9,20H,6-7,10H2,1-5H3. The molecule has 0 radical (unpaired) electrons. The van der Waals surface area contributed by atoms with Crippen LogP contribution < -0.4 is 5.56 Å². The monoisotopic (exact) mass is 352 g/mol. The number of ether oxygens (including phenoxy) is 2. The van der Waals surface area contributed by atoms with Crippen molar-refractivity contribution in [2.24, 2.45) is 0 Å². The van der Waals surface area contributed by atoms with E-state index < -0.39 is 34.5 Å². The highest BCUT2D eigenvalue weighted by Crippen LogP contribution is 2.30. The fraction of sp³-hybridized carbons (Fsp3) is 0.588. The van der Waals surface area contributed by atoms with Gasteiger partial charge in [-0.15, -0.1) is 0 Å². The second-order valence-electron chi connectivity index (χ2n) is 7.42. The SMILES string of the molecule is COC(=O)c1cn(C2(C)CCN(C(=O)OC(C)(C)C)C2)c(=O)cc1O. The number of amides is 1. The number of carbonyl (C=O) groups is 2. The first-order valence-electron chi connectivity index (χ1n) is 7.99. The number of likely N-dealkylation sites (tertiary alicyclic amines) is 1. The first kappa shape index (κ1) is 18.8. The smallest absolute Gasteiger partial charge is 0.410 e. The molecule has 2 heterocycles. The third-order valence-electron chi connectivity index (χ3n) is 4.12. The van der Waals surface area contributed by atoms with Crippen LogP contribution in [0.15, 0.2) is 17.1 Å². The number of nitrogens with zero attached hydrogens (tertiary/aromatic N) is 2. The highest BCUT2D eigenvalue weighted by atomic mass is 16.6. The topological polar surface area (TPSA) is 98.1 Å². The maximum atomic E-state index is 12.3. The maximum Gasteiger partial charge on any atom is 0.410 e. The van der Waals surface area contributed by atoms with Crippen LogP contribution in [0.1, 0.15) is 44.5 Å². The molecule has 1 unspecified atom stereocenters. The van der Waals surface area contributed by atoms with Crippen LogP contribution in [0.4, 0.5) is 4.79 Å². The lowest BCUT2D eigenvalue weighted by atomic mass is 10.0. The van der Waals surface area contributed by atoms with Gasteiger partial charge >= 0.3 is 12.1 Å². The molecule has 1 aromatic heterocycles. The van der Waals surface area contributed by atoms with Crippen molar-refractivity contribution in [1.82, 2.24) is 9.47 Å². The van der Waals surface area contributed by atoms with Gasteiger partial charge in [-0.1, -0.05) is 0 Å². The van der Waals surface area contributed by atoms with E-state index in [1.54, 1.807) is 20.8 Å². The number of pyridine rings is 1. The third-order valence-corrected chi connectivity index (χ3v) is 4.12. The fourth-order valence-electron chi connectivity index (χ4n) is 2.84. The lowest BCUT2D eigenvalue weighted by Gasteiger charge is -2.29. The number of aromatic hydroxyl groups is 1. The van der Waals surface area contributed by atoms with Gasteiger partial charge in [-0.3, -0.25) is 4.79 Å². The molecular formula is C17H24N2O6. The molecule has 1 atom stereocenters. The van der Waals surface area contributed by atoms with Gasteiger partial charge in [-0.25, -0.2) is 9.59 Å². The Kier molecular flexibility index (Phi) is 4.83. The minimum atomic E-state index is -0.739. The quantitative estimate of drug-likeness (QED) is 0.814.